The Morgan fingerprint density at radius 3 is 2.83 bits per heavy atom. The summed E-state index contributed by atoms with van der Waals surface area (Å²) in [7, 11) is 0. The normalized spacial score (nSPS) is 23.8. The fourth-order valence-corrected chi connectivity index (χ4v) is 4.40. The van der Waals surface area contributed by atoms with E-state index in [0.717, 1.165) is 50.2 Å². The number of rotatable bonds is 2. The van der Waals surface area contributed by atoms with Crippen molar-refractivity contribution in [3.8, 4) is 11.3 Å². The summed E-state index contributed by atoms with van der Waals surface area (Å²) < 4.78 is 0. The Morgan fingerprint density at radius 2 is 2.09 bits per heavy atom. The third-order valence-corrected chi connectivity index (χ3v) is 5.80. The number of hydrogen-bond donors (Lipinski definition) is 0. The maximum atomic E-state index is 12.6. The molecule has 23 heavy (non-hydrogen) atoms. The van der Waals surface area contributed by atoms with Crippen molar-refractivity contribution in [3.05, 3.63) is 34.4 Å². The zero-order chi connectivity index (χ0) is 15.8. The van der Waals surface area contributed by atoms with Crippen molar-refractivity contribution in [2.24, 2.45) is 11.8 Å². The van der Waals surface area contributed by atoms with E-state index in [1.54, 1.807) is 17.7 Å². The second kappa shape index (κ2) is 6.04. The summed E-state index contributed by atoms with van der Waals surface area (Å²) in [6, 6.07) is 2.11. The standard InChI is InChI=1S/C18H21N3OS/c1-12-8-14(9-12)18(22)21-5-2-15-16(3-6-21)19-11-20-17(15)13-4-7-23-10-13/h4,7,10-12,14H,2-3,5-6,8-9H2,1H3. The summed E-state index contributed by atoms with van der Waals surface area (Å²) in [6.07, 6.45) is 5.47. The van der Waals surface area contributed by atoms with Gasteiger partial charge in [0.1, 0.15) is 6.33 Å². The minimum absolute atomic E-state index is 0.258. The van der Waals surface area contributed by atoms with Crippen molar-refractivity contribution in [2.45, 2.75) is 32.6 Å². The van der Waals surface area contributed by atoms with Crippen molar-refractivity contribution in [3.63, 3.8) is 0 Å². The van der Waals surface area contributed by atoms with E-state index in [0.29, 0.717) is 11.8 Å². The summed E-state index contributed by atoms with van der Waals surface area (Å²) in [4.78, 5) is 23.7. The molecule has 0 saturated heterocycles. The molecule has 1 aliphatic heterocycles. The molecule has 0 atom stereocenters. The molecule has 1 saturated carbocycles. The first-order chi connectivity index (χ1) is 11.2. The second-order valence-electron chi connectivity index (χ2n) is 6.76. The predicted molar refractivity (Wildman–Crippen MR) is 91.2 cm³/mol. The molecule has 5 heteroatoms. The third kappa shape index (κ3) is 2.78. The van der Waals surface area contributed by atoms with Crippen LogP contribution in [0.2, 0.25) is 0 Å². The lowest BCUT2D eigenvalue weighted by molar-refractivity contribution is -0.139. The fraction of sp³-hybridized carbons (Fsp3) is 0.500. The average Bonchev–Trinajstić information content (AvgIpc) is 2.97. The maximum Gasteiger partial charge on any atom is 0.225 e. The molecule has 2 aromatic rings. The minimum atomic E-state index is 0.258. The van der Waals surface area contributed by atoms with Crippen LogP contribution in [0.25, 0.3) is 11.3 Å². The quantitative estimate of drug-likeness (QED) is 0.851. The predicted octanol–water partition coefficient (Wildman–Crippen LogP) is 3.18. The average molecular weight is 327 g/mol. The van der Waals surface area contributed by atoms with Gasteiger partial charge < -0.3 is 4.90 Å². The van der Waals surface area contributed by atoms with Gasteiger partial charge in [-0.1, -0.05) is 6.92 Å². The number of carbonyl (C=O) groups excluding carboxylic acids is 1. The van der Waals surface area contributed by atoms with Crippen LogP contribution in [0.15, 0.2) is 23.2 Å². The van der Waals surface area contributed by atoms with Gasteiger partial charge in [-0.2, -0.15) is 11.3 Å². The summed E-state index contributed by atoms with van der Waals surface area (Å²) in [5.74, 6) is 1.32. The minimum Gasteiger partial charge on any atom is -0.342 e. The number of thiophene rings is 1. The lowest BCUT2D eigenvalue weighted by Crippen LogP contribution is -2.42. The van der Waals surface area contributed by atoms with Crippen molar-refractivity contribution in [2.75, 3.05) is 13.1 Å². The van der Waals surface area contributed by atoms with Gasteiger partial charge in [0.15, 0.2) is 0 Å². The van der Waals surface area contributed by atoms with Crippen molar-refractivity contribution >= 4 is 17.2 Å². The van der Waals surface area contributed by atoms with E-state index in [4.69, 9.17) is 0 Å². The zero-order valence-electron chi connectivity index (χ0n) is 13.4. The molecule has 2 aromatic heterocycles. The van der Waals surface area contributed by atoms with Crippen LogP contribution in [-0.2, 0) is 17.6 Å². The van der Waals surface area contributed by atoms with Crippen molar-refractivity contribution < 1.29 is 4.79 Å². The first-order valence-corrected chi connectivity index (χ1v) is 9.30. The Labute approximate surface area is 140 Å². The van der Waals surface area contributed by atoms with E-state index in [9.17, 15) is 4.79 Å². The molecule has 0 radical (unpaired) electrons. The van der Waals surface area contributed by atoms with Crippen LogP contribution in [0.1, 0.15) is 31.0 Å². The van der Waals surface area contributed by atoms with Crippen LogP contribution >= 0.6 is 11.3 Å². The lowest BCUT2D eigenvalue weighted by Gasteiger charge is -2.35. The highest BCUT2D eigenvalue weighted by Gasteiger charge is 2.35. The van der Waals surface area contributed by atoms with Gasteiger partial charge in [-0.05, 0) is 36.6 Å². The van der Waals surface area contributed by atoms with Crippen molar-refractivity contribution in [1.82, 2.24) is 14.9 Å². The molecule has 1 fully saturated rings. The number of nitrogens with zero attached hydrogens (tertiary/aromatic N) is 3. The van der Waals surface area contributed by atoms with Crippen molar-refractivity contribution in [1.29, 1.82) is 0 Å². The van der Waals surface area contributed by atoms with Crippen LogP contribution in [0.4, 0.5) is 0 Å². The number of aromatic nitrogens is 2. The van der Waals surface area contributed by atoms with E-state index >= 15 is 0 Å². The highest BCUT2D eigenvalue weighted by Crippen LogP contribution is 2.35. The van der Waals surface area contributed by atoms with E-state index in [1.165, 1.54) is 11.1 Å². The Balaban J connectivity index is 1.55. The Bertz CT molecular complexity index is 707. The fourth-order valence-electron chi connectivity index (χ4n) is 3.76. The van der Waals surface area contributed by atoms with Gasteiger partial charge in [-0.25, -0.2) is 9.97 Å². The summed E-state index contributed by atoms with van der Waals surface area (Å²) >= 11 is 1.69. The molecule has 0 aromatic carbocycles. The molecular formula is C18H21N3OS. The van der Waals surface area contributed by atoms with Crippen LogP contribution in [0.5, 0.6) is 0 Å². The van der Waals surface area contributed by atoms with Crippen LogP contribution in [-0.4, -0.2) is 33.9 Å². The highest BCUT2D eigenvalue weighted by molar-refractivity contribution is 7.08. The van der Waals surface area contributed by atoms with Gasteiger partial charge in [-0.3, -0.25) is 4.79 Å². The van der Waals surface area contributed by atoms with Gasteiger partial charge in [0.25, 0.3) is 0 Å². The molecule has 0 spiro atoms. The SMILES string of the molecule is CC1CC(C(=O)N2CCc3ncnc(-c4ccsc4)c3CC2)C1. The Kier molecular flexibility index (Phi) is 3.89. The lowest BCUT2D eigenvalue weighted by atomic mass is 9.75. The smallest absolute Gasteiger partial charge is 0.225 e. The number of carbonyl (C=O) groups is 1. The van der Waals surface area contributed by atoms with Gasteiger partial charge in [0.05, 0.1) is 5.69 Å². The van der Waals surface area contributed by atoms with E-state index in [1.807, 2.05) is 0 Å². The van der Waals surface area contributed by atoms with Gasteiger partial charge in [0.2, 0.25) is 5.91 Å². The molecule has 4 rings (SSSR count). The first-order valence-electron chi connectivity index (χ1n) is 8.36. The van der Waals surface area contributed by atoms with Gasteiger partial charge in [0, 0.05) is 47.6 Å². The summed E-state index contributed by atoms with van der Waals surface area (Å²) in [6.45, 7) is 3.81. The molecule has 4 nitrogen and oxygen atoms in total. The summed E-state index contributed by atoms with van der Waals surface area (Å²) in [5, 5.41) is 4.21. The molecule has 2 aliphatic rings. The molecule has 0 unspecified atom stereocenters. The molecule has 1 amide bonds. The molecule has 1 aliphatic carbocycles. The monoisotopic (exact) mass is 327 g/mol. The molecular weight excluding hydrogens is 306 g/mol. The zero-order valence-corrected chi connectivity index (χ0v) is 14.2. The molecule has 0 N–H and O–H groups in total. The van der Waals surface area contributed by atoms with E-state index in [2.05, 4.69) is 38.6 Å². The molecule has 120 valence electrons. The van der Waals surface area contributed by atoms with Gasteiger partial charge in [-0.15, -0.1) is 0 Å². The van der Waals surface area contributed by atoms with E-state index in [-0.39, 0.29) is 5.92 Å². The third-order valence-electron chi connectivity index (χ3n) is 5.11. The highest BCUT2D eigenvalue weighted by atomic mass is 32.1. The molecule has 0 bridgehead atoms. The summed E-state index contributed by atoms with van der Waals surface area (Å²) in [5.41, 5.74) is 4.55. The van der Waals surface area contributed by atoms with Gasteiger partial charge >= 0.3 is 0 Å². The first kappa shape index (κ1) is 14.8. The number of hydrogen-bond acceptors (Lipinski definition) is 4. The number of fused-ring (bicyclic) bond motifs is 1. The topological polar surface area (TPSA) is 46.1 Å². The Hall–Kier alpha value is -1.75. The van der Waals surface area contributed by atoms with E-state index < -0.39 is 0 Å². The largest absolute Gasteiger partial charge is 0.342 e. The van der Waals surface area contributed by atoms with Crippen LogP contribution in [0, 0.1) is 11.8 Å². The molecule has 3 heterocycles. The Morgan fingerprint density at radius 1 is 1.26 bits per heavy atom. The number of amides is 1. The second-order valence-corrected chi connectivity index (χ2v) is 7.54. The maximum absolute atomic E-state index is 12.6. The van der Waals surface area contributed by atoms with Crippen LogP contribution in [0.3, 0.4) is 0 Å². The van der Waals surface area contributed by atoms with Crippen LogP contribution < -0.4 is 0 Å².